The van der Waals surface area contributed by atoms with Crippen LogP contribution in [-0.4, -0.2) is 20.6 Å². The van der Waals surface area contributed by atoms with Gasteiger partial charge in [-0.3, -0.25) is 4.79 Å². The van der Waals surface area contributed by atoms with Gasteiger partial charge in [0.2, 0.25) is 14.9 Å². The molecule has 6 nitrogen and oxygen atoms in total. The topological polar surface area (TPSA) is 102 Å². The monoisotopic (exact) mass is 424 g/mol. The standard InChI is InChI=1S/C22H17FN2O4S/c1-30(27,28)21-12-16-10-15(5-9-20(16)29-21)22(26)25-19-11-14(4-8-18(19)24)13-2-6-17(23)7-3-13/h2-12H,24H2,1H3,(H,25,26). The van der Waals surface area contributed by atoms with E-state index in [1.165, 1.54) is 30.3 Å². The number of benzene rings is 3. The molecule has 0 aliphatic rings. The molecule has 4 aromatic rings. The van der Waals surface area contributed by atoms with Crippen molar-refractivity contribution in [2.24, 2.45) is 0 Å². The Balaban J connectivity index is 1.63. The Bertz CT molecular complexity index is 1380. The summed E-state index contributed by atoms with van der Waals surface area (Å²) in [5.41, 5.74) is 9.01. The number of anilines is 2. The highest BCUT2D eigenvalue weighted by atomic mass is 32.2. The van der Waals surface area contributed by atoms with Crippen LogP contribution in [0.3, 0.4) is 0 Å². The molecule has 0 spiro atoms. The van der Waals surface area contributed by atoms with Gasteiger partial charge in [-0.2, -0.15) is 0 Å². The number of sulfone groups is 1. The number of nitrogen functional groups attached to an aromatic ring is 1. The van der Waals surface area contributed by atoms with Crippen LogP contribution in [0.25, 0.3) is 22.1 Å². The van der Waals surface area contributed by atoms with Crippen molar-refractivity contribution in [2.45, 2.75) is 5.09 Å². The summed E-state index contributed by atoms with van der Waals surface area (Å²) < 4.78 is 41.8. The molecule has 1 heterocycles. The van der Waals surface area contributed by atoms with Crippen LogP contribution in [0.4, 0.5) is 15.8 Å². The maximum absolute atomic E-state index is 13.2. The fourth-order valence-electron chi connectivity index (χ4n) is 3.02. The lowest BCUT2D eigenvalue weighted by Gasteiger charge is -2.11. The third-order valence-electron chi connectivity index (χ3n) is 4.60. The maximum Gasteiger partial charge on any atom is 0.255 e. The van der Waals surface area contributed by atoms with Gasteiger partial charge in [0.15, 0.2) is 0 Å². The van der Waals surface area contributed by atoms with Crippen LogP contribution in [0.15, 0.2) is 76.2 Å². The van der Waals surface area contributed by atoms with Gasteiger partial charge in [0, 0.05) is 23.3 Å². The van der Waals surface area contributed by atoms with E-state index in [1.807, 2.05) is 0 Å². The van der Waals surface area contributed by atoms with Crippen molar-refractivity contribution in [2.75, 3.05) is 17.3 Å². The minimum atomic E-state index is -3.49. The highest BCUT2D eigenvalue weighted by Crippen LogP contribution is 2.29. The number of rotatable bonds is 4. The Morgan fingerprint density at radius 2 is 1.67 bits per heavy atom. The normalized spacial score (nSPS) is 11.5. The smallest absolute Gasteiger partial charge is 0.255 e. The summed E-state index contributed by atoms with van der Waals surface area (Å²) in [7, 11) is -3.49. The number of furan rings is 1. The molecule has 1 amide bonds. The van der Waals surface area contributed by atoms with Crippen molar-refractivity contribution in [3.63, 3.8) is 0 Å². The molecule has 3 aromatic carbocycles. The van der Waals surface area contributed by atoms with Gasteiger partial charge < -0.3 is 15.5 Å². The molecule has 0 fully saturated rings. The van der Waals surface area contributed by atoms with Gasteiger partial charge in [0.05, 0.1) is 11.4 Å². The van der Waals surface area contributed by atoms with Crippen molar-refractivity contribution >= 4 is 38.1 Å². The lowest BCUT2D eigenvalue weighted by molar-refractivity contribution is 0.102. The highest BCUT2D eigenvalue weighted by molar-refractivity contribution is 7.90. The van der Waals surface area contributed by atoms with Gasteiger partial charge >= 0.3 is 0 Å². The second-order valence-electron chi connectivity index (χ2n) is 6.85. The largest absolute Gasteiger partial charge is 0.445 e. The van der Waals surface area contributed by atoms with Crippen molar-refractivity contribution < 1.29 is 22.0 Å². The van der Waals surface area contributed by atoms with Gasteiger partial charge in [0.1, 0.15) is 11.4 Å². The van der Waals surface area contributed by atoms with Crippen molar-refractivity contribution in [1.82, 2.24) is 0 Å². The summed E-state index contributed by atoms with van der Waals surface area (Å²) in [6.07, 6.45) is 1.05. The highest BCUT2D eigenvalue weighted by Gasteiger charge is 2.16. The molecule has 0 saturated heterocycles. The van der Waals surface area contributed by atoms with E-state index in [-0.39, 0.29) is 10.9 Å². The molecule has 0 aliphatic heterocycles. The molecule has 0 aliphatic carbocycles. The Kier molecular flexibility index (Phi) is 4.79. The maximum atomic E-state index is 13.2. The number of fused-ring (bicyclic) bond motifs is 1. The van der Waals surface area contributed by atoms with E-state index in [9.17, 15) is 17.6 Å². The van der Waals surface area contributed by atoms with Crippen LogP contribution in [0.1, 0.15) is 10.4 Å². The predicted molar refractivity (Wildman–Crippen MR) is 114 cm³/mol. The fraction of sp³-hybridized carbons (Fsp3) is 0.0455. The lowest BCUT2D eigenvalue weighted by atomic mass is 10.0. The quantitative estimate of drug-likeness (QED) is 0.470. The molecule has 1 aromatic heterocycles. The minimum Gasteiger partial charge on any atom is -0.445 e. The van der Waals surface area contributed by atoms with E-state index in [2.05, 4.69) is 5.32 Å². The van der Waals surface area contributed by atoms with Gasteiger partial charge in [-0.05, 0) is 53.6 Å². The SMILES string of the molecule is CS(=O)(=O)c1cc2cc(C(=O)Nc3cc(-c4ccc(F)cc4)ccc3N)ccc2o1. The first-order valence-corrected chi connectivity index (χ1v) is 10.8. The average molecular weight is 424 g/mol. The Hall–Kier alpha value is -3.65. The van der Waals surface area contributed by atoms with Crippen molar-refractivity contribution in [3.8, 4) is 11.1 Å². The number of halogens is 1. The zero-order valence-corrected chi connectivity index (χ0v) is 16.7. The molecule has 0 unspecified atom stereocenters. The summed E-state index contributed by atoms with van der Waals surface area (Å²) in [6.45, 7) is 0. The van der Waals surface area contributed by atoms with Crippen LogP contribution in [0, 0.1) is 5.82 Å². The molecule has 0 saturated carbocycles. The molecular formula is C22H17FN2O4S. The summed E-state index contributed by atoms with van der Waals surface area (Å²) >= 11 is 0. The van der Waals surface area contributed by atoms with Crippen molar-refractivity contribution in [1.29, 1.82) is 0 Å². The van der Waals surface area contributed by atoms with Gasteiger partial charge in [-0.25, -0.2) is 12.8 Å². The number of carbonyl (C=O) groups is 1. The first-order chi connectivity index (χ1) is 14.2. The lowest BCUT2D eigenvalue weighted by Crippen LogP contribution is -2.13. The molecule has 0 radical (unpaired) electrons. The first-order valence-electron chi connectivity index (χ1n) is 8.91. The number of carbonyl (C=O) groups excluding carboxylic acids is 1. The summed E-state index contributed by atoms with van der Waals surface area (Å²) in [6, 6.07) is 17.1. The molecular weight excluding hydrogens is 407 g/mol. The van der Waals surface area contributed by atoms with Gasteiger partial charge in [0.25, 0.3) is 5.91 Å². The van der Waals surface area contributed by atoms with E-state index >= 15 is 0 Å². The Morgan fingerprint density at radius 3 is 2.37 bits per heavy atom. The van der Waals surface area contributed by atoms with Crippen LogP contribution in [0.5, 0.6) is 0 Å². The van der Waals surface area contributed by atoms with E-state index in [0.29, 0.717) is 27.9 Å². The molecule has 30 heavy (non-hydrogen) atoms. The van der Waals surface area contributed by atoms with Crippen molar-refractivity contribution in [3.05, 3.63) is 78.1 Å². The summed E-state index contributed by atoms with van der Waals surface area (Å²) in [5.74, 6) is -0.752. The summed E-state index contributed by atoms with van der Waals surface area (Å²) in [4.78, 5) is 12.7. The number of hydrogen-bond acceptors (Lipinski definition) is 5. The van der Waals surface area contributed by atoms with E-state index in [1.54, 1.807) is 36.4 Å². The zero-order valence-electron chi connectivity index (χ0n) is 15.8. The van der Waals surface area contributed by atoms with Gasteiger partial charge in [-0.15, -0.1) is 0 Å². The van der Waals surface area contributed by atoms with Crippen LogP contribution in [-0.2, 0) is 9.84 Å². The van der Waals surface area contributed by atoms with E-state index < -0.39 is 15.7 Å². The number of nitrogens with two attached hydrogens (primary N) is 1. The molecule has 8 heteroatoms. The van der Waals surface area contributed by atoms with E-state index in [4.69, 9.17) is 10.2 Å². The first kappa shape index (κ1) is 19.7. The number of nitrogens with one attached hydrogen (secondary N) is 1. The molecule has 3 N–H and O–H groups in total. The second kappa shape index (κ2) is 7.31. The average Bonchev–Trinajstić information content (AvgIpc) is 3.14. The zero-order chi connectivity index (χ0) is 21.5. The van der Waals surface area contributed by atoms with Crippen LogP contribution >= 0.6 is 0 Å². The molecule has 152 valence electrons. The predicted octanol–water partition coefficient (Wildman–Crippen LogP) is 4.48. The fourth-order valence-corrected chi connectivity index (χ4v) is 3.61. The molecule has 0 atom stereocenters. The van der Waals surface area contributed by atoms with Gasteiger partial charge in [-0.1, -0.05) is 18.2 Å². The number of hydrogen-bond donors (Lipinski definition) is 2. The second-order valence-corrected chi connectivity index (χ2v) is 8.80. The molecule has 4 rings (SSSR count). The van der Waals surface area contributed by atoms with Crippen LogP contribution in [0.2, 0.25) is 0 Å². The molecule has 0 bridgehead atoms. The van der Waals surface area contributed by atoms with E-state index in [0.717, 1.165) is 17.4 Å². The number of amides is 1. The summed E-state index contributed by atoms with van der Waals surface area (Å²) in [5, 5.41) is 3.10. The minimum absolute atomic E-state index is 0.161. The Labute approximate surface area is 172 Å². The third kappa shape index (κ3) is 3.90. The van der Waals surface area contributed by atoms with Crippen LogP contribution < -0.4 is 11.1 Å². The third-order valence-corrected chi connectivity index (χ3v) is 5.53. The Morgan fingerprint density at radius 1 is 0.967 bits per heavy atom.